The van der Waals surface area contributed by atoms with Crippen molar-refractivity contribution in [1.82, 2.24) is 10.2 Å². The number of benzene rings is 2. The molecule has 2 N–H and O–H groups in total. The Morgan fingerprint density at radius 1 is 1.02 bits per heavy atom. The summed E-state index contributed by atoms with van der Waals surface area (Å²) < 4.78 is 65.2. The lowest BCUT2D eigenvalue weighted by molar-refractivity contribution is -0.156. The highest BCUT2D eigenvalue weighted by Crippen LogP contribution is 2.27. The number of nitrogens with one attached hydrogen (secondary N) is 1. The van der Waals surface area contributed by atoms with Crippen molar-refractivity contribution in [3.05, 3.63) is 65.2 Å². The maximum atomic E-state index is 14.0. The van der Waals surface area contributed by atoms with E-state index < -0.39 is 77.6 Å². The molecule has 0 aliphatic carbocycles. The Bertz CT molecular complexity index is 1220. The number of carbonyl (C=O) groups is 3. The first-order valence-electron chi connectivity index (χ1n) is 13.7. The number of piperidine rings is 1. The van der Waals surface area contributed by atoms with Crippen LogP contribution in [0.2, 0.25) is 0 Å². The summed E-state index contributed by atoms with van der Waals surface area (Å²) in [5.41, 5.74) is 0.171. The SMILES string of the molecule is CC(C)(C)OC(=O)C[C@H](NC(=O)C1CCN(C(=O)CCc2ccccc2)CC1)C(O)COc1c(F)c(F)cc(F)c1F. The molecule has 1 aliphatic heterocycles. The van der Waals surface area contributed by atoms with Crippen molar-refractivity contribution in [3.8, 4) is 5.75 Å². The first-order valence-corrected chi connectivity index (χ1v) is 13.7. The minimum absolute atomic E-state index is 0.0155. The minimum Gasteiger partial charge on any atom is -0.485 e. The van der Waals surface area contributed by atoms with Crippen LogP contribution in [0.4, 0.5) is 17.6 Å². The van der Waals surface area contributed by atoms with Crippen molar-refractivity contribution in [3.63, 3.8) is 0 Å². The Balaban J connectivity index is 1.60. The summed E-state index contributed by atoms with van der Waals surface area (Å²) in [4.78, 5) is 39.9. The Hall–Kier alpha value is -3.67. The van der Waals surface area contributed by atoms with Crippen LogP contribution in [0.15, 0.2) is 36.4 Å². The molecule has 0 saturated carbocycles. The maximum absolute atomic E-state index is 14.0. The summed E-state index contributed by atoms with van der Waals surface area (Å²) in [5.74, 6) is -10.2. The van der Waals surface area contributed by atoms with E-state index in [-0.39, 0.29) is 12.0 Å². The fourth-order valence-electron chi connectivity index (χ4n) is 4.55. The Morgan fingerprint density at radius 2 is 1.62 bits per heavy atom. The number of aliphatic hydroxyl groups is 1. The van der Waals surface area contributed by atoms with Crippen LogP contribution >= 0.6 is 0 Å². The van der Waals surface area contributed by atoms with Gasteiger partial charge in [0.1, 0.15) is 18.3 Å². The van der Waals surface area contributed by atoms with E-state index in [0.29, 0.717) is 38.8 Å². The zero-order valence-electron chi connectivity index (χ0n) is 23.8. The molecule has 1 fully saturated rings. The molecule has 1 unspecified atom stereocenters. The van der Waals surface area contributed by atoms with Crippen molar-refractivity contribution < 1.29 is 46.5 Å². The highest BCUT2D eigenvalue weighted by Gasteiger charge is 2.33. The molecule has 0 radical (unpaired) electrons. The number of esters is 1. The lowest BCUT2D eigenvalue weighted by Crippen LogP contribution is -2.51. The second kappa shape index (κ2) is 14.5. The van der Waals surface area contributed by atoms with Gasteiger partial charge in [0.25, 0.3) is 0 Å². The first-order chi connectivity index (χ1) is 19.7. The van der Waals surface area contributed by atoms with Crippen molar-refractivity contribution in [2.24, 2.45) is 5.92 Å². The highest BCUT2D eigenvalue weighted by atomic mass is 19.2. The Labute approximate surface area is 242 Å². The molecule has 230 valence electrons. The van der Waals surface area contributed by atoms with E-state index >= 15 is 0 Å². The summed E-state index contributed by atoms with van der Waals surface area (Å²) in [5, 5.41) is 13.3. The normalized spacial score (nSPS) is 15.6. The van der Waals surface area contributed by atoms with Crippen LogP contribution in [0.3, 0.4) is 0 Å². The molecule has 3 rings (SSSR count). The molecule has 2 aromatic rings. The molecule has 2 atom stereocenters. The van der Waals surface area contributed by atoms with E-state index in [0.717, 1.165) is 5.56 Å². The van der Waals surface area contributed by atoms with Crippen LogP contribution in [-0.4, -0.2) is 65.2 Å². The fourth-order valence-corrected chi connectivity index (χ4v) is 4.55. The van der Waals surface area contributed by atoms with Crippen molar-refractivity contribution in [2.45, 2.75) is 70.6 Å². The average Bonchev–Trinajstić information content (AvgIpc) is 2.94. The number of aliphatic hydroxyl groups excluding tert-OH is 1. The van der Waals surface area contributed by atoms with Crippen molar-refractivity contribution >= 4 is 17.8 Å². The van der Waals surface area contributed by atoms with E-state index in [1.165, 1.54) is 0 Å². The number of nitrogens with zero attached hydrogens (tertiary/aromatic N) is 1. The maximum Gasteiger partial charge on any atom is 0.308 e. The van der Waals surface area contributed by atoms with Crippen LogP contribution in [-0.2, 0) is 25.5 Å². The third-order valence-corrected chi connectivity index (χ3v) is 6.76. The van der Waals surface area contributed by atoms with Crippen LogP contribution in [0, 0.1) is 29.2 Å². The number of ether oxygens (including phenoxy) is 2. The zero-order chi connectivity index (χ0) is 31.0. The second-order valence-corrected chi connectivity index (χ2v) is 11.2. The minimum atomic E-state index is -1.79. The fraction of sp³-hybridized carbons (Fsp3) is 0.500. The van der Waals surface area contributed by atoms with Gasteiger partial charge in [-0.2, -0.15) is 8.78 Å². The number of amides is 2. The Morgan fingerprint density at radius 3 is 2.19 bits per heavy atom. The molecule has 1 saturated heterocycles. The quantitative estimate of drug-likeness (QED) is 0.230. The number of hydrogen-bond acceptors (Lipinski definition) is 6. The Kier molecular flexibility index (Phi) is 11.3. The number of halogens is 4. The average molecular weight is 597 g/mol. The molecule has 8 nitrogen and oxygen atoms in total. The first kappa shape index (κ1) is 32.8. The molecule has 42 heavy (non-hydrogen) atoms. The molecule has 1 aliphatic rings. The van der Waals surface area contributed by atoms with Crippen LogP contribution in [0.5, 0.6) is 5.75 Å². The predicted molar refractivity (Wildman–Crippen MR) is 144 cm³/mol. The van der Waals surface area contributed by atoms with Crippen molar-refractivity contribution in [1.29, 1.82) is 0 Å². The smallest absolute Gasteiger partial charge is 0.308 e. The lowest BCUT2D eigenvalue weighted by Gasteiger charge is -2.33. The van der Waals surface area contributed by atoms with Crippen LogP contribution < -0.4 is 10.1 Å². The molecule has 12 heteroatoms. The van der Waals surface area contributed by atoms with E-state index in [1.807, 2.05) is 30.3 Å². The largest absolute Gasteiger partial charge is 0.485 e. The summed E-state index contributed by atoms with van der Waals surface area (Å²) in [7, 11) is 0. The van der Waals surface area contributed by atoms with Crippen LogP contribution in [0.25, 0.3) is 0 Å². The molecular formula is C30H36F4N2O6. The van der Waals surface area contributed by atoms with E-state index in [2.05, 4.69) is 5.32 Å². The van der Waals surface area contributed by atoms with Gasteiger partial charge in [0.15, 0.2) is 17.4 Å². The van der Waals surface area contributed by atoms with Gasteiger partial charge in [-0.25, -0.2) is 8.78 Å². The summed E-state index contributed by atoms with van der Waals surface area (Å²) >= 11 is 0. The summed E-state index contributed by atoms with van der Waals surface area (Å²) in [6, 6.07) is 8.29. The van der Waals surface area contributed by atoms with E-state index in [1.54, 1.807) is 25.7 Å². The lowest BCUT2D eigenvalue weighted by atomic mass is 9.94. The van der Waals surface area contributed by atoms with E-state index in [4.69, 9.17) is 9.47 Å². The zero-order valence-corrected chi connectivity index (χ0v) is 23.8. The van der Waals surface area contributed by atoms with Crippen molar-refractivity contribution in [2.75, 3.05) is 19.7 Å². The third kappa shape index (κ3) is 9.43. The number of hydrogen-bond donors (Lipinski definition) is 2. The molecule has 2 amide bonds. The monoisotopic (exact) mass is 596 g/mol. The van der Waals surface area contributed by atoms with Gasteiger partial charge in [-0.1, -0.05) is 30.3 Å². The topological polar surface area (TPSA) is 105 Å². The summed E-state index contributed by atoms with van der Waals surface area (Å²) in [6.07, 6.45) is -0.621. The van der Waals surface area contributed by atoms with Crippen LogP contribution in [0.1, 0.15) is 52.0 Å². The number of aryl methyl sites for hydroxylation is 1. The molecule has 2 aromatic carbocycles. The van der Waals surface area contributed by atoms with Gasteiger partial charge in [0.2, 0.25) is 23.4 Å². The molecule has 0 spiro atoms. The van der Waals surface area contributed by atoms with Gasteiger partial charge >= 0.3 is 5.97 Å². The van der Waals surface area contributed by atoms with Gasteiger partial charge in [0, 0.05) is 31.5 Å². The van der Waals surface area contributed by atoms with Gasteiger partial charge in [0.05, 0.1) is 12.5 Å². The van der Waals surface area contributed by atoms with Gasteiger partial charge in [-0.05, 0) is 45.6 Å². The van der Waals surface area contributed by atoms with Gasteiger partial charge < -0.3 is 24.8 Å². The number of likely N-dealkylation sites (tertiary alicyclic amines) is 1. The van der Waals surface area contributed by atoms with E-state index in [9.17, 15) is 37.1 Å². The number of rotatable bonds is 11. The highest BCUT2D eigenvalue weighted by molar-refractivity contribution is 5.81. The van der Waals surface area contributed by atoms with Gasteiger partial charge in [-0.15, -0.1) is 0 Å². The number of carbonyl (C=O) groups excluding carboxylic acids is 3. The predicted octanol–water partition coefficient (Wildman–Crippen LogP) is 4.07. The third-order valence-electron chi connectivity index (χ3n) is 6.76. The summed E-state index contributed by atoms with van der Waals surface area (Å²) in [6.45, 7) is 4.65. The molecular weight excluding hydrogens is 560 g/mol. The van der Waals surface area contributed by atoms with Gasteiger partial charge in [-0.3, -0.25) is 14.4 Å². The standard InChI is InChI=1S/C30H36F4N2O6/c1-30(2,3)42-25(39)16-22(23(37)17-41-28-26(33)20(31)15-21(32)27(28)34)35-29(40)19-11-13-36(14-12-19)24(38)10-9-18-7-5-4-6-8-18/h4-8,15,19,22-23,37H,9-14,16-17H2,1-3H3,(H,35,40)/t22-,23?/m0/s1. The second-order valence-electron chi connectivity index (χ2n) is 11.2. The molecule has 1 heterocycles. The molecule has 0 aromatic heterocycles. The molecule has 0 bridgehead atoms.